The average molecular weight is 129 g/mol. The molecule has 6 heavy (non-hydrogen) atoms. The third-order valence-corrected chi connectivity index (χ3v) is 0. The van der Waals surface area contributed by atoms with Crippen LogP contribution in [-0.2, 0) is 16.5 Å². The van der Waals surface area contributed by atoms with Crippen molar-refractivity contribution in [2.24, 2.45) is 0 Å². The van der Waals surface area contributed by atoms with Gasteiger partial charge in [-0.3, -0.25) is 0 Å². The Morgan fingerprint density at radius 3 is 1.50 bits per heavy atom. The molecule has 0 radical (unpaired) electrons. The summed E-state index contributed by atoms with van der Waals surface area (Å²) in [5.41, 5.74) is 0. The van der Waals surface area contributed by atoms with E-state index < -0.39 is 6.16 Å². The van der Waals surface area contributed by atoms with E-state index in [1.165, 1.54) is 0 Å². The van der Waals surface area contributed by atoms with Gasteiger partial charge in [-0.25, -0.2) is 4.79 Å². The van der Waals surface area contributed by atoms with Crippen LogP contribution < -0.4 is 18.9 Å². The second-order valence-corrected chi connectivity index (χ2v) is 0.283. The van der Waals surface area contributed by atoms with Gasteiger partial charge in [-0.05, 0) is 0 Å². The van der Waals surface area contributed by atoms with E-state index in [0.29, 0.717) is 0 Å². The molecule has 0 spiro atoms. The fourth-order valence-electron chi connectivity index (χ4n) is 0. The van der Waals surface area contributed by atoms with E-state index in [0.717, 1.165) is 0 Å². The van der Waals surface area contributed by atoms with Gasteiger partial charge in [-0.15, -0.1) is 0 Å². The smallest absolute Gasteiger partial charge is 1.00 e. The van der Waals surface area contributed by atoms with Crippen molar-refractivity contribution in [2.75, 3.05) is 0 Å². The molecule has 0 aromatic rings. The molecule has 0 unspecified atom stereocenters. The van der Waals surface area contributed by atoms with Crippen molar-refractivity contribution >= 4 is 6.16 Å². The summed E-state index contributed by atoms with van der Waals surface area (Å²) in [6.07, 6.45) is -1.83. The summed E-state index contributed by atoms with van der Waals surface area (Å²) >= 11 is 0. The number of hydrogen-bond donors (Lipinski definition) is 2. The van der Waals surface area contributed by atoms with Crippen molar-refractivity contribution < 1.29 is 51.8 Å². The van der Waals surface area contributed by atoms with E-state index >= 15 is 0 Å². The maximum Gasteiger partial charge on any atom is 1.00 e. The van der Waals surface area contributed by atoms with Crippen molar-refractivity contribution in [1.29, 1.82) is 0 Å². The van der Waals surface area contributed by atoms with Gasteiger partial charge >= 0.3 is 25.0 Å². The zero-order valence-electron chi connectivity index (χ0n) is 4.12. The van der Waals surface area contributed by atoms with Crippen LogP contribution in [0, 0.1) is 0 Å². The molecule has 3 nitrogen and oxygen atoms in total. The Kier molecular flexibility index (Phi) is 24.3. The first kappa shape index (κ1) is 16.2. The van der Waals surface area contributed by atoms with Gasteiger partial charge in [0.2, 0.25) is 0 Å². The van der Waals surface area contributed by atoms with E-state index in [9.17, 15) is 0 Å². The van der Waals surface area contributed by atoms with Crippen LogP contribution in [0.25, 0.3) is 0 Å². The zero-order chi connectivity index (χ0) is 3.58. The summed E-state index contributed by atoms with van der Waals surface area (Å²) in [7, 11) is 0. The molecule has 36 valence electrons. The Hall–Kier alpha value is 0.361. The van der Waals surface area contributed by atoms with Gasteiger partial charge in [-0.1, -0.05) is 0 Å². The molecule has 0 rings (SSSR count). The van der Waals surface area contributed by atoms with Crippen molar-refractivity contribution in [3.63, 3.8) is 0 Å². The minimum absolute atomic E-state index is 0. The van der Waals surface area contributed by atoms with Gasteiger partial charge in [0, 0.05) is 16.5 Å². The third kappa shape index (κ3) is 378. The van der Waals surface area contributed by atoms with Gasteiger partial charge in [0.05, 0.1) is 0 Å². The molecule has 0 aliphatic carbocycles. The molecule has 0 saturated carbocycles. The molecule has 0 heterocycles. The summed E-state index contributed by atoms with van der Waals surface area (Å²) in [6, 6.07) is 0. The molecule has 0 atom stereocenters. The predicted octanol–water partition coefficient (Wildman–Crippen LogP) is -2.66. The van der Waals surface area contributed by atoms with Crippen LogP contribution in [-0.4, -0.2) is 16.4 Å². The maximum absolute atomic E-state index is 8.56. The van der Waals surface area contributed by atoms with Crippen molar-refractivity contribution in [3.8, 4) is 0 Å². The molecule has 0 amide bonds. The number of carbonyl (C=O) groups is 1. The second-order valence-electron chi connectivity index (χ2n) is 0.283. The topological polar surface area (TPSA) is 57.5 Å². The number of hydrogen-bond acceptors (Lipinski definition) is 1. The molecule has 0 aromatic heterocycles. The third-order valence-electron chi connectivity index (χ3n) is 0. The molecule has 0 saturated heterocycles. The molecule has 2 N–H and O–H groups in total. The van der Waals surface area contributed by atoms with Gasteiger partial charge in [0.1, 0.15) is 0 Å². The number of rotatable bonds is 0. The summed E-state index contributed by atoms with van der Waals surface area (Å²) in [4.78, 5) is 8.56. The molecule has 0 bridgehead atoms. The van der Waals surface area contributed by atoms with Crippen LogP contribution >= 0.6 is 0 Å². The Morgan fingerprint density at radius 1 is 1.50 bits per heavy atom. The first-order valence-electron chi connectivity index (χ1n) is 0.651. The van der Waals surface area contributed by atoms with E-state index in [-0.39, 0.29) is 36.8 Å². The molecule has 0 fully saturated rings. The Bertz CT molecular complexity index is 37.9. The van der Waals surface area contributed by atoms with E-state index in [2.05, 4.69) is 0 Å². The van der Waals surface area contributed by atoms with Crippen LogP contribution in [0.3, 0.4) is 0 Å². The summed E-state index contributed by atoms with van der Waals surface area (Å²) < 4.78 is 0. The standard InChI is InChI=1S/CH2O3.Li.Ni.H/c2-1(3)4;;;/h(H2,2,3,4);;;/q;+1;;-1. The molecule has 0 aliphatic heterocycles. The Morgan fingerprint density at radius 2 is 1.50 bits per heavy atom. The predicted molar refractivity (Wildman–Crippen MR) is 11.8 cm³/mol. The largest absolute Gasteiger partial charge is 1.00 e. The zero-order valence-corrected chi connectivity index (χ0v) is 4.11. The van der Waals surface area contributed by atoms with Crippen LogP contribution in [0.1, 0.15) is 1.43 Å². The van der Waals surface area contributed by atoms with Gasteiger partial charge in [0.15, 0.2) is 0 Å². The van der Waals surface area contributed by atoms with Crippen LogP contribution in [0.4, 0.5) is 4.79 Å². The maximum atomic E-state index is 8.56. The van der Waals surface area contributed by atoms with Gasteiger partial charge in [0.25, 0.3) is 0 Å². The monoisotopic (exact) mass is 128 g/mol. The fraction of sp³-hybridized carbons (Fsp3) is 0. The first-order chi connectivity index (χ1) is 1.73. The van der Waals surface area contributed by atoms with Crippen molar-refractivity contribution in [1.82, 2.24) is 0 Å². The SMILES string of the molecule is O=C(O)O.[H-].[Li+].[Ni]. The van der Waals surface area contributed by atoms with Crippen LogP contribution in [0.5, 0.6) is 0 Å². The minimum atomic E-state index is -1.83. The number of carboxylic acid groups (broad SMARTS) is 2. The second kappa shape index (κ2) is 9.03. The minimum Gasteiger partial charge on any atom is -1.00 e. The quantitative estimate of drug-likeness (QED) is 0.350. The summed E-state index contributed by atoms with van der Waals surface area (Å²) in [6.45, 7) is 0. The molecule has 0 aliphatic rings. The first-order valence-corrected chi connectivity index (χ1v) is 0.651. The van der Waals surface area contributed by atoms with Crippen LogP contribution in [0.15, 0.2) is 0 Å². The molecular formula is CH3LiNiO3. The summed E-state index contributed by atoms with van der Waals surface area (Å²) in [5.74, 6) is 0. The Balaban J connectivity index is -0.0000000150. The molecular weight excluding hydrogens is 126 g/mol. The molecule has 0 aromatic carbocycles. The normalized spacial score (nSPS) is 4.00. The fourth-order valence-corrected chi connectivity index (χ4v) is 0. The van der Waals surface area contributed by atoms with E-state index in [1.807, 2.05) is 0 Å². The van der Waals surface area contributed by atoms with E-state index in [1.54, 1.807) is 0 Å². The van der Waals surface area contributed by atoms with Crippen LogP contribution in [0.2, 0.25) is 0 Å². The van der Waals surface area contributed by atoms with Gasteiger partial charge < -0.3 is 11.6 Å². The van der Waals surface area contributed by atoms with Crippen molar-refractivity contribution in [3.05, 3.63) is 0 Å². The average Bonchev–Trinajstić information content (AvgIpc) is 0.811. The van der Waals surface area contributed by atoms with E-state index in [4.69, 9.17) is 15.0 Å². The Labute approximate surface area is 58.3 Å². The summed E-state index contributed by atoms with van der Waals surface area (Å²) in [5, 5.41) is 13.9. The van der Waals surface area contributed by atoms with Gasteiger partial charge in [-0.2, -0.15) is 0 Å². The van der Waals surface area contributed by atoms with Crippen molar-refractivity contribution in [2.45, 2.75) is 0 Å². The molecule has 5 heteroatoms.